The van der Waals surface area contributed by atoms with E-state index >= 15 is 0 Å². The summed E-state index contributed by atoms with van der Waals surface area (Å²) >= 11 is 0. The molecule has 0 amide bonds. The van der Waals surface area contributed by atoms with E-state index in [2.05, 4.69) is 23.9 Å². The maximum absolute atomic E-state index is 13.9. The number of nitrogens with zero attached hydrogens (tertiary/aromatic N) is 2. The molecule has 1 saturated heterocycles. The minimum atomic E-state index is -0.256. The van der Waals surface area contributed by atoms with E-state index in [-0.39, 0.29) is 11.5 Å². The molecule has 1 aliphatic rings. The van der Waals surface area contributed by atoms with Gasteiger partial charge < -0.3 is 10.6 Å². The van der Waals surface area contributed by atoms with Gasteiger partial charge in [0.2, 0.25) is 0 Å². The van der Waals surface area contributed by atoms with E-state index in [9.17, 15) is 4.39 Å². The molecule has 0 saturated carbocycles. The van der Waals surface area contributed by atoms with Crippen molar-refractivity contribution in [3.63, 3.8) is 0 Å². The molecule has 4 heteroatoms. The fourth-order valence-corrected chi connectivity index (χ4v) is 2.67. The van der Waals surface area contributed by atoms with E-state index in [1.807, 2.05) is 12.1 Å². The number of nitrogens with two attached hydrogens (primary N) is 1. The van der Waals surface area contributed by atoms with Crippen LogP contribution in [0.1, 0.15) is 18.4 Å². The lowest BCUT2D eigenvalue weighted by molar-refractivity contribution is 0.199. The highest BCUT2D eigenvalue weighted by molar-refractivity contribution is 5.42. The first kappa shape index (κ1) is 13.3. The average Bonchev–Trinajstić information content (AvgIpc) is 2.72. The lowest BCUT2D eigenvalue weighted by Gasteiger charge is -2.27. The maximum Gasteiger partial charge on any atom is 0.150 e. The number of nitrogen functional groups attached to an aromatic ring is 1. The highest BCUT2D eigenvalue weighted by Crippen LogP contribution is 2.23. The zero-order valence-electron chi connectivity index (χ0n) is 11.2. The summed E-state index contributed by atoms with van der Waals surface area (Å²) in [6.07, 6.45) is 2.39. The number of anilines is 1. The lowest BCUT2D eigenvalue weighted by Crippen LogP contribution is -2.37. The van der Waals surface area contributed by atoms with E-state index in [0.717, 1.165) is 13.1 Å². The van der Waals surface area contributed by atoms with Crippen LogP contribution >= 0.6 is 0 Å². The molecule has 2 N–H and O–H groups in total. The van der Waals surface area contributed by atoms with Gasteiger partial charge in [0.1, 0.15) is 0 Å². The Morgan fingerprint density at radius 1 is 1.44 bits per heavy atom. The molecular weight excluding hydrogens is 229 g/mol. The predicted molar refractivity (Wildman–Crippen MR) is 72.8 cm³/mol. The molecule has 1 fully saturated rings. The number of likely N-dealkylation sites (N-methyl/N-ethyl adjacent to an activating group) is 1. The third kappa shape index (κ3) is 3.00. The molecule has 1 aliphatic heterocycles. The molecule has 1 unspecified atom stereocenters. The second-order valence-electron chi connectivity index (χ2n) is 5.35. The smallest absolute Gasteiger partial charge is 0.150 e. The molecule has 0 spiro atoms. The summed E-state index contributed by atoms with van der Waals surface area (Å²) in [4.78, 5) is 4.55. The zero-order valence-corrected chi connectivity index (χ0v) is 11.2. The van der Waals surface area contributed by atoms with Crippen LogP contribution in [-0.4, -0.2) is 43.0 Å². The molecular formula is C14H22FN3. The van der Waals surface area contributed by atoms with Gasteiger partial charge in [-0.2, -0.15) is 0 Å². The Balaban J connectivity index is 2.06. The van der Waals surface area contributed by atoms with Crippen molar-refractivity contribution in [3.05, 3.63) is 29.6 Å². The monoisotopic (exact) mass is 251 g/mol. The summed E-state index contributed by atoms with van der Waals surface area (Å²) in [7, 11) is 4.16. The lowest BCUT2D eigenvalue weighted by atomic mass is 10.1. The van der Waals surface area contributed by atoms with E-state index in [0.29, 0.717) is 18.2 Å². The first-order valence-corrected chi connectivity index (χ1v) is 6.49. The Bertz CT molecular complexity index is 406. The Morgan fingerprint density at radius 2 is 2.22 bits per heavy atom. The van der Waals surface area contributed by atoms with E-state index in [1.165, 1.54) is 12.8 Å². The Morgan fingerprint density at radius 3 is 2.94 bits per heavy atom. The predicted octanol–water partition coefficient (Wildman–Crippen LogP) is 1.93. The minimum absolute atomic E-state index is 0.246. The van der Waals surface area contributed by atoms with Crippen LogP contribution in [0.2, 0.25) is 0 Å². The third-order valence-electron chi connectivity index (χ3n) is 3.56. The highest BCUT2D eigenvalue weighted by atomic mass is 19.1. The number of likely N-dealkylation sites (tertiary alicyclic amines) is 1. The standard InChI is InChI=1S/C14H22FN3/c1-17(2)10-12-6-4-8-18(12)9-11-5-3-7-13(16)14(11)15/h3,5,7,12H,4,6,8-10,16H2,1-2H3. The second-order valence-corrected chi connectivity index (χ2v) is 5.35. The van der Waals surface area contributed by atoms with Gasteiger partial charge in [0, 0.05) is 24.7 Å². The summed E-state index contributed by atoms with van der Waals surface area (Å²) in [5.74, 6) is -0.256. The molecule has 0 aromatic heterocycles. The molecule has 18 heavy (non-hydrogen) atoms. The Hall–Kier alpha value is -1.13. The zero-order chi connectivity index (χ0) is 13.1. The van der Waals surface area contributed by atoms with Crippen LogP contribution in [0, 0.1) is 5.82 Å². The average molecular weight is 251 g/mol. The van der Waals surface area contributed by atoms with Crippen LogP contribution in [0.3, 0.4) is 0 Å². The SMILES string of the molecule is CN(C)CC1CCCN1Cc1cccc(N)c1F. The summed E-state index contributed by atoms with van der Waals surface area (Å²) in [5.41, 5.74) is 6.56. The van der Waals surface area contributed by atoms with Crippen molar-refractivity contribution in [1.82, 2.24) is 9.80 Å². The fourth-order valence-electron chi connectivity index (χ4n) is 2.67. The molecule has 1 aromatic carbocycles. The number of hydrogen-bond acceptors (Lipinski definition) is 3. The van der Waals surface area contributed by atoms with Gasteiger partial charge in [-0.05, 0) is 39.5 Å². The van der Waals surface area contributed by atoms with E-state index in [1.54, 1.807) is 6.07 Å². The molecule has 0 radical (unpaired) electrons. The van der Waals surface area contributed by atoms with Crippen LogP contribution < -0.4 is 5.73 Å². The van der Waals surface area contributed by atoms with Gasteiger partial charge in [-0.1, -0.05) is 12.1 Å². The molecule has 1 aromatic rings. The summed E-state index contributed by atoms with van der Waals surface area (Å²) in [6.45, 7) is 2.74. The largest absolute Gasteiger partial charge is 0.396 e. The van der Waals surface area contributed by atoms with Gasteiger partial charge in [-0.25, -0.2) is 4.39 Å². The molecule has 0 bridgehead atoms. The van der Waals surface area contributed by atoms with Crippen LogP contribution in [0.4, 0.5) is 10.1 Å². The van der Waals surface area contributed by atoms with Crippen molar-refractivity contribution < 1.29 is 4.39 Å². The molecule has 0 aliphatic carbocycles. The van der Waals surface area contributed by atoms with Gasteiger partial charge in [-0.15, -0.1) is 0 Å². The summed E-state index contributed by atoms with van der Waals surface area (Å²) in [6, 6.07) is 5.79. The fraction of sp³-hybridized carbons (Fsp3) is 0.571. The number of halogens is 1. The molecule has 3 nitrogen and oxygen atoms in total. The molecule has 2 rings (SSSR count). The minimum Gasteiger partial charge on any atom is -0.396 e. The van der Waals surface area contributed by atoms with Gasteiger partial charge in [0.05, 0.1) is 5.69 Å². The topological polar surface area (TPSA) is 32.5 Å². The van der Waals surface area contributed by atoms with E-state index < -0.39 is 0 Å². The third-order valence-corrected chi connectivity index (χ3v) is 3.56. The van der Waals surface area contributed by atoms with Crippen LogP contribution in [0.25, 0.3) is 0 Å². The Kier molecular flexibility index (Phi) is 4.19. The molecule has 100 valence electrons. The summed E-state index contributed by atoms with van der Waals surface area (Å²) < 4.78 is 13.9. The molecule has 1 heterocycles. The van der Waals surface area contributed by atoms with Crippen LogP contribution in [0.5, 0.6) is 0 Å². The van der Waals surface area contributed by atoms with E-state index in [4.69, 9.17) is 5.73 Å². The van der Waals surface area contributed by atoms with Gasteiger partial charge >= 0.3 is 0 Å². The van der Waals surface area contributed by atoms with Crippen molar-refractivity contribution >= 4 is 5.69 Å². The van der Waals surface area contributed by atoms with Gasteiger partial charge in [0.15, 0.2) is 5.82 Å². The van der Waals surface area contributed by atoms with Crippen molar-refractivity contribution in [3.8, 4) is 0 Å². The second kappa shape index (κ2) is 5.67. The summed E-state index contributed by atoms with van der Waals surface area (Å²) in [5, 5.41) is 0. The first-order valence-electron chi connectivity index (χ1n) is 6.49. The molecule has 1 atom stereocenters. The van der Waals surface area contributed by atoms with Crippen molar-refractivity contribution in [2.24, 2.45) is 0 Å². The van der Waals surface area contributed by atoms with Crippen molar-refractivity contribution in [2.45, 2.75) is 25.4 Å². The van der Waals surface area contributed by atoms with Crippen molar-refractivity contribution in [1.29, 1.82) is 0 Å². The van der Waals surface area contributed by atoms with Gasteiger partial charge in [-0.3, -0.25) is 4.90 Å². The number of hydrogen-bond donors (Lipinski definition) is 1. The number of rotatable bonds is 4. The van der Waals surface area contributed by atoms with Crippen LogP contribution in [0.15, 0.2) is 18.2 Å². The highest BCUT2D eigenvalue weighted by Gasteiger charge is 2.25. The van der Waals surface area contributed by atoms with Crippen molar-refractivity contribution in [2.75, 3.05) is 32.9 Å². The normalized spacial score (nSPS) is 20.8. The van der Waals surface area contributed by atoms with Gasteiger partial charge in [0.25, 0.3) is 0 Å². The Labute approximate surface area is 108 Å². The van der Waals surface area contributed by atoms with Crippen LogP contribution in [-0.2, 0) is 6.54 Å². The first-order chi connectivity index (χ1) is 8.58. The number of benzene rings is 1. The maximum atomic E-state index is 13.9. The quantitative estimate of drug-likeness (QED) is 0.830.